The second-order valence-corrected chi connectivity index (χ2v) is 4.85. The van der Waals surface area contributed by atoms with Gasteiger partial charge in [-0.25, -0.2) is 0 Å². The van der Waals surface area contributed by atoms with E-state index in [1.807, 2.05) is 11.8 Å². The summed E-state index contributed by atoms with van der Waals surface area (Å²) in [5, 5.41) is 3.23. The summed E-state index contributed by atoms with van der Waals surface area (Å²) in [6, 6.07) is 0. The number of hydrogen-bond donors (Lipinski definition) is 2. The summed E-state index contributed by atoms with van der Waals surface area (Å²) < 4.78 is 0. The van der Waals surface area contributed by atoms with Crippen molar-refractivity contribution in [2.75, 3.05) is 12.8 Å². The van der Waals surface area contributed by atoms with Crippen molar-refractivity contribution < 1.29 is 4.79 Å². The van der Waals surface area contributed by atoms with Crippen LogP contribution in [0.5, 0.6) is 0 Å². The van der Waals surface area contributed by atoms with Gasteiger partial charge >= 0.3 is 0 Å². The Morgan fingerprint density at radius 1 is 1.58 bits per heavy atom. The predicted octanol–water partition coefficient (Wildman–Crippen LogP) is 1.56. The molecule has 12 heavy (non-hydrogen) atoms. The van der Waals surface area contributed by atoms with Gasteiger partial charge in [0, 0.05) is 11.8 Å². The second-order valence-electron chi connectivity index (χ2n) is 2.80. The fraction of sp³-hybridized carbons (Fsp3) is 0.875. The molecule has 0 aromatic heterocycles. The van der Waals surface area contributed by atoms with Gasteiger partial charge in [0.1, 0.15) is 0 Å². The zero-order valence-corrected chi connectivity index (χ0v) is 9.54. The summed E-state index contributed by atoms with van der Waals surface area (Å²) in [6.45, 7) is 4.68. The molecular weight excluding hydrogens is 190 g/mol. The first kappa shape index (κ1) is 12.2. The van der Waals surface area contributed by atoms with Crippen molar-refractivity contribution in [1.82, 2.24) is 5.32 Å². The molecule has 1 amide bonds. The highest BCUT2D eigenvalue weighted by Gasteiger charge is 2.06. The van der Waals surface area contributed by atoms with Gasteiger partial charge in [0.25, 0.3) is 0 Å². The first-order valence-corrected chi connectivity index (χ1v) is 5.87. The minimum Gasteiger partial charge on any atom is -0.355 e. The molecule has 4 heteroatoms. The van der Waals surface area contributed by atoms with E-state index in [0.29, 0.717) is 5.25 Å². The highest BCUT2D eigenvalue weighted by Crippen LogP contribution is 2.07. The molecule has 0 saturated carbocycles. The zero-order valence-electron chi connectivity index (χ0n) is 7.83. The van der Waals surface area contributed by atoms with Crippen LogP contribution >= 0.6 is 24.4 Å². The molecular formula is C8H17NOS2. The highest BCUT2D eigenvalue weighted by atomic mass is 32.2. The van der Waals surface area contributed by atoms with Crippen LogP contribution in [0.3, 0.4) is 0 Å². The van der Waals surface area contributed by atoms with Gasteiger partial charge in [-0.05, 0) is 19.6 Å². The van der Waals surface area contributed by atoms with Crippen LogP contribution in [0.4, 0.5) is 0 Å². The van der Waals surface area contributed by atoms with E-state index in [2.05, 4.69) is 31.1 Å². The molecule has 2 unspecified atom stereocenters. The first-order valence-electron chi connectivity index (χ1n) is 4.06. The molecule has 0 radical (unpaired) electrons. The first-order chi connectivity index (χ1) is 5.57. The lowest BCUT2D eigenvalue weighted by atomic mass is 10.3. The van der Waals surface area contributed by atoms with E-state index in [1.165, 1.54) is 0 Å². The summed E-state index contributed by atoms with van der Waals surface area (Å²) >= 11 is 5.84. The highest BCUT2D eigenvalue weighted by molar-refractivity contribution is 7.99. The Hall–Kier alpha value is 0.170. The Morgan fingerprint density at radius 3 is 2.58 bits per heavy atom. The fourth-order valence-corrected chi connectivity index (χ4v) is 1.11. The Morgan fingerprint density at radius 2 is 2.17 bits per heavy atom. The maximum absolute atomic E-state index is 11.0. The minimum atomic E-state index is -0.199. The van der Waals surface area contributed by atoms with Crippen molar-refractivity contribution >= 4 is 30.3 Å². The second kappa shape index (κ2) is 6.66. The van der Waals surface area contributed by atoms with E-state index < -0.39 is 0 Å². The van der Waals surface area contributed by atoms with E-state index >= 15 is 0 Å². The molecule has 0 saturated heterocycles. The molecule has 0 rings (SSSR count). The molecule has 1 N–H and O–H groups in total. The fourth-order valence-electron chi connectivity index (χ4n) is 0.664. The van der Waals surface area contributed by atoms with Gasteiger partial charge in [-0.1, -0.05) is 6.92 Å². The molecule has 0 aliphatic rings. The SMILES string of the molecule is CSC(C)CCNC(=O)C(C)S. The largest absolute Gasteiger partial charge is 0.355 e. The van der Waals surface area contributed by atoms with Gasteiger partial charge in [-0.3, -0.25) is 4.79 Å². The lowest BCUT2D eigenvalue weighted by Gasteiger charge is -2.10. The van der Waals surface area contributed by atoms with Crippen LogP contribution in [0.2, 0.25) is 0 Å². The summed E-state index contributed by atoms with van der Waals surface area (Å²) in [5.41, 5.74) is 0. The molecule has 0 heterocycles. The van der Waals surface area contributed by atoms with Crippen molar-refractivity contribution in [3.8, 4) is 0 Å². The smallest absolute Gasteiger partial charge is 0.232 e. The van der Waals surface area contributed by atoms with E-state index in [4.69, 9.17) is 0 Å². The predicted molar refractivity (Wildman–Crippen MR) is 59.1 cm³/mol. The van der Waals surface area contributed by atoms with Crippen molar-refractivity contribution in [2.45, 2.75) is 30.8 Å². The lowest BCUT2D eigenvalue weighted by Crippen LogP contribution is -2.31. The molecule has 0 fully saturated rings. The average Bonchev–Trinajstić information content (AvgIpc) is 2.03. The lowest BCUT2D eigenvalue weighted by molar-refractivity contribution is -0.120. The van der Waals surface area contributed by atoms with Gasteiger partial charge in [-0.15, -0.1) is 0 Å². The number of nitrogens with one attached hydrogen (secondary N) is 1. The zero-order chi connectivity index (χ0) is 9.56. The van der Waals surface area contributed by atoms with E-state index in [0.717, 1.165) is 13.0 Å². The number of hydrogen-bond acceptors (Lipinski definition) is 3. The van der Waals surface area contributed by atoms with Gasteiger partial charge in [0.15, 0.2) is 0 Å². The summed E-state index contributed by atoms with van der Waals surface area (Å²) in [7, 11) is 0. The van der Waals surface area contributed by atoms with Crippen LogP contribution in [-0.2, 0) is 4.79 Å². The molecule has 0 aliphatic carbocycles. The number of thioether (sulfide) groups is 1. The van der Waals surface area contributed by atoms with Gasteiger partial charge < -0.3 is 5.32 Å². The normalized spacial score (nSPS) is 15.3. The number of amides is 1. The van der Waals surface area contributed by atoms with E-state index in [1.54, 1.807) is 6.92 Å². The molecule has 2 atom stereocenters. The van der Waals surface area contributed by atoms with Crippen molar-refractivity contribution in [3.05, 3.63) is 0 Å². The molecule has 0 bridgehead atoms. The standard InChI is InChI=1S/C8H17NOS2/c1-6(12-3)4-5-9-8(10)7(2)11/h6-7,11H,4-5H2,1-3H3,(H,9,10). The third-order valence-electron chi connectivity index (χ3n) is 1.63. The van der Waals surface area contributed by atoms with Crippen molar-refractivity contribution in [1.29, 1.82) is 0 Å². The van der Waals surface area contributed by atoms with Crippen LogP contribution < -0.4 is 5.32 Å². The van der Waals surface area contributed by atoms with Gasteiger partial charge in [0.2, 0.25) is 5.91 Å². The van der Waals surface area contributed by atoms with Crippen LogP contribution in [-0.4, -0.2) is 29.2 Å². The van der Waals surface area contributed by atoms with E-state index in [-0.39, 0.29) is 11.2 Å². The molecule has 0 aromatic carbocycles. The Kier molecular flexibility index (Phi) is 6.76. The molecule has 2 nitrogen and oxygen atoms in total. The quantitative estimate of drug-likeness (QED) is 0.670. The third-order valence-corrected chi connectivity index (χ3v) is 2.91. The minimum absolute atomic E-state index is 0.0200. The van der Waals surface area contributed by atoms with Crippen LogP contribution in [0.15, 0.2) is 0 Å². The Labute approximate surface area is 84.3 Å². The van der Waals surface area contributed by atoms with Crippen molar-refractivity contribution in [2.24, 2.45) is 0 Å². The monoisotopic (exact) mass is 207 g/mol. The Balaban J connectivity index is 3.37. The van der Waals surface area contributed by atoms with Gasteiger partial charge in [0.05, 0.1) is 5.25 Å². The number of rotatable bonds is 5. The molecule has 0 spiro atoms. The van der Waals surface area contributed by atoms with Gasteiger partial charge in [-0.2, -0.15) is 24.4 Å². The Bertz CT molecular complexity index is 139. The summed E-state index contributed by atoms with van der Waals surface area (Å²) in [5.74, 6) is 0.0200. The maximum Gasteiger partial charge on any atom is 0.232 e. The summed E-state index contributed by atoms with van der Waals surface area (Å²) in [4.78, 5) is 11.0. The number of carbonyl (C=O) groups is 1. The maximum atomic E-state index is 11.0. The number of carbonyl (C=O) groups excluding carboxylic acids is 1. The van der Waals surface area contributed by atoms with Crippen molar-refractivity contribution in [3.63, 3.8) is 0 Å². The molecule has 0 aromatic rings. The van der Waals surface area contributed by atoms with Crippen LogP contribution in [0.25, 0.3) is 0 Å². The third kappa shape index (κ3) is 5.77. The number of thiol groups is 1. The molecule has 72 valence electrons. The topological polar surface area (TPSA) is 29.1 Å². The van der Waals surface area contributed by atoms with Crippen LogP contribution in [0, 0.1) is 0 Å². The summed E-state index contributed by atoms with van der Waals surface area (Å²) in [6.07, 6.45) is 3.10. The molecule has 0 aliphatic heterocycles. The average molecular weight is 207 g/mol. The van der Waals surface area contributed by atoms with Crippen LogP contribution in [0.1, 0.15) is 20.3 Å². The van der Waals surface area contributed by atoms with E-state index in [9.17, 15) is 4.79 Å².